The standard InChI is InChI=1S/C69H134O17P2/c1-6-9-12-15-18-20-22-24-25-26-27-29-31-33-39-44-49-54-68(73)85-65(59-80-67(72)53-48-43-38-32-30-28-23-21-19-16-13-10-7-2)61-84-88(77,78)82-57-63(70)56-81-87(75,76)83-60-64(58-79-66(71)52-47-42-36-17-14-11-8-3)86-69(74)55-50-45-40-35-34-37-41-46-51-62(4)5/h62-65,70H,6-61H2,1-5H3,(H,75,76)(H,77,78)/t63-,64+,65+/m0/s1. The Morgan fingerprint density at radius 1 is 0.307 bits per heavy atom. The molecule has 2 unspecified atom stereocenters. The number of aliphatic hydroxyl groups is 1. The average molecular weight is 1300 g/mol. The van der Waals surface area contributed by atoms with E-state index in [1.807, 2.05) is 0 Å². The Balaban J connectivity index is 5.20. The largest absolute Gasteiger partial charge is 0.472 e. The van der Waals surface area contributed by atoms with Gasteiger partial charge in [-0.1, -0.05) is 304 Å². The van der Waals surface area contributed by atoms with Crippen LogP contribution in [0.25, 0.3) is 0 Å². The summed E-state index contributed by atoms with van der Waals surface area (Å²) in [5.41, 5.74) is 0. The molecular weight excluding hydrogens is 1160 g/mol. The summed E-state index contributed by atoms with van der Waals surface area (Å²) in [7, 11) is -9.89. The van der Waals surface area contributed by atoms with Crippen molar-refractivity contribution in [3.8, 4) is 0 Å². The molecule has 0 aliphatic carbocycles. The van der Waals surface area contributed by atoms with Crippen LogP contribution in [0, 0.1) is 5.92 Å². The van der Waals surface area contributed by atoms with Crippen LogP contribution in [0.1, 0.15) is 356 Å². The van der Waals surface area contributed by atoms with Gasteiger partial charge < -0.3 is 33.8 Å². The summed E-state index contributed by atoms with van der Waals surface area (Å²) in [4.78, 5) is 72.3. The monoisotopic (exact) mass is 1300 g/mol. The van der Waals surface area contributed by atoms with Gasteiger partial charge >= 0.3 is 39.5 Å². The number of carbonyl (C=O) groups is 4. The highest BCUT2D eigenvalue weighted by Crippen LogP contribution is 2.45. The molecule has 0 bridgehead atoms. The van der Waals surface area contributed by atoms with Crippen LogP contribution in [0.4, 0.5) is 0 Å². The molecule has 17 nitrogen and oxygen atoms in total. The van der Waals surface area contributed by atoms with Crippen LogP contribution >= 0.6 is 15.6 Å². The fourth-order valence-corrected chi connectivity index (χ4v) is 12.0. The minimum atomic E-state index is -4.95. The van der Waals surface area contributed by atoms with E-state index < -0.39 is 97.5 Å². The lowest BCUT2D eigenvalue weighted by molar-refractivity contribution is -0.161. The predicted molar refractivity (Wildman–Crippen MR) is 354 cm³/mol. The number of hydrogen-bond donors (Lipinski definition) is 3. The molecule has 88 heavy (non-hydrogen) atoms. The Morgan fingerprint density at radius 3 is 0.773 bits per heavy atom. The molecule has 0 saturated heterocycles. The molecule has 0 fully saturated rings. The van der Waals surface area contributed by atoms with E-state index >= 15 is 0 Å². The lowest BCUT2D eigenvalue weighted by Crippen LogP contribution is -2.30. The van der Waals surface area contributed by atoms with Crippen LogP contribution in [0.15, 0.2) is 0 Å². The maximum atomic E-state index is 13.0. The Kier molecular flexibility index (Phi) is 61.1. The second-order valence-corrected chi connectivity index (χ2v) is 28.3. The maximum absolute atomic E-state index is 13.0. The Hall–Kier alpha value is -1.94. The number of unbranched alkanes of at least 4 members (excludes halogenated alkanes) is 41. The third-order valence-corrected chi connectivity index (χ3v) is 17.9. The molecule has 0 saturated carbocycles. The van der Waals surface area contributed by atoms with Crippen molar-refractivity contribution in [2.75, 3.05) is 39.6 Å². The molecular formula is C69H134O17P2. The zero-order valence-electron chi connectivity index (χ0n) is 56.9. The molecule has 0 aromatic carbocycles. The average Bonchev–Trinajstić information content (AvgIpc) is 3.64. The minimum Gasteiger partial charge on any atom is -0.462 e. The molecule has 0 aliphatic heterocycles. The molecule has 3 N–H and O–H groups in total. The van der Waals surface area contributed by atoms with Gasteiger partial charge in [0.15, 0.2) is 12.2 Å². The molecule has 0 aromatic rings. The van der Waals surface area contributed by atoms with E-state index in [9.17, 15) is 43.2 Å². The van der Waals surface area contributed by atoms with Crippen molar-refractivity contribution in [1.29, 1.82) is 0 Å². The van der Waals surface area contributed by atoms with Crippen molar-refractivity contribution < 1.29 is 80.2 Å². The van der Waals surface area contributed by atoms with Gasteiger partial charge in [0.05, 0.1) is 26.4 Å². The summed E-state index contributed by atoms with van der Waals surface area (Å²) in [6.45, 7) is 7.16. The molecule has 0 rings (SSSR count). The number of phosphoric acid groups is 2. The topological polar surface area (TPSA) is 237 Å². The van der Waals surface area contributed by atoms with E-state index in [0.717, 1.165) is 109 Å². The van der Waals surface area contributed by atoms with Gasteiger partial charge in [0, 0.05) is 25.7 Å². The van der Waals surface area contributed by atoms with Crippen LogP contribution < -0.4 is 0 Å². The summed E-state index contributed by atoms with van der Waals surface area (Å²) in [5, 5.41) is 10.6. The van der Waals surface area contributed by atoms with Crippen molar-refractivity contribution in [2.45, 2.75) is 374 Å². The third kappa shape index (κ3) is 62.8. The lowest BCUT2D eigenvalue weighted by atomic mass is 10.0. The van der Waals surface area contributed by atoms with Gasteiger partial charge in [0.2, 0.25) is 0 Å². The molecule has 0 amide bonds. The third-order valence-electron chi connectivity index (χ3n) is 16.0. The Morgan fingerprint density at radius 2 is 0.523 bits per heavy atom. The first-order valence-corrected chi connectivity index (χ1v) is 39.1. The zero-order chi connectivity index (χ0) is 64.9. The molecule has 0 heterocycles. The van der Waals surface area contributed by atoms with Gasteiger partial charge in [-0.15, -0.1) is 0 Å². The van der Waals surface area contributed by atoms with Crippen molar-refractivity contribution in [3.63, 3.8) is 0 Å². The molecule has 522 valence electrons. The van der Waals surface area contributed by atoms with E-state index in [4.69, 9.17) is 37.0 Å². The summed E-state index contributed by atoms with van der Waals surface area (Å²) >= 11 is 0. The Labute approximate surface area is 537 Å². The fourth-order valence-electron chi connectivity index (χ4n) is 10.5. The van der Waals surface area contributed by atoms with Crippen LogP contribution in [-0.2, 0) is 65.4 Å². The molecule has 0 spiro atoms. The van der Waals surface area contributed by atoms with Crippen LogP contribution in [0.5, 0.6) is 0 Å². The maximum Gasteiger partial charge on any atom is 0.472 e. The molecule has 5 atom stereocenters. The number of rotatable bonds is 69. The van der Waals surface area contributed by atoms with E-state index in [0.29, 0.717) is 25.7 Å². The number of hydrogen-bond acceptors (Lipinski definition) is 15. The predicted octanol–water partition coefficient (Wildman–Crippen LogP) is 19.7. The van der Waals surface area contributed by atoms with E-state index in [2.05, 4.69) is 34.6 Å². The van der Waals surface area contributed by atoms with Crippen molar-refractivity contribution in [3.05, 3.63) is 0 Å². The van der Waals surface area contributed by atoms with Gasteiger partial charge in [-0.3, -0.25) is 37.3 Å². The van der Waals surface area contributed by atoms with Gasteiger partial charge in [-0.2, -0.15) is 0 Å². The normalized spacial score (nSPS) is 14.1. The van der Waals surface area contributed by atoms with Crippen LogP contribution in [-0.4, -0.2) is 96.7 Å². The zero-order valence-corrected chi connectivity index (χ0v) is 58.6. The molecule has 0 aromatic heterocycles. The second kappa shape index (κ2) is 62.5. The SMILES string of the molecule is CCCCCCCCCCCCCCCCCCCC(=O)O[C@H](COC(=O)CCCCCCCCCCCCCCC)COP(=O)(O)OC[C@@H](O)COP(=O)(O)OC[C@@H](COC(=O)CCCCCCCCC)OC(=O)CCCCCCCCCCC(C)C. The van der Waals surface area contributed by atoms with Crippen LogP contribution in [0.3, 0.4) is 0 Å². The summed E-state index contributed by atoms with van der Waals surface area (Å²) in [6, 6.07) is 0. The number of aliphatic hydroxyl groups excluding tert-OH is 1. The van der Waals surface area contributed by atoms with Gasteiger partial charge in [-0.25, -0.2) is 9.13 Å². The van der Waals surface area contributed by atoms with E-state index in [1.165, 1.54) is 167 Å². The first kappa shape index (κ1) is 86.1. The quantitative estimate of drug-likeness (QED) is 0.0222. The minimum absolute atomic E-state index is 0.104. The molecule has 0 aliphatic rings. The number of phosphoric ester groups is 2. The lowest BCUT2D eigenvalue weighted by Gasteiger charge is -2.21. The second-order valence-electron chi connectivity index (χ2n) is 25.4. The molecule has 0 radical (unpaired) electrons. The summed E-state index contributed by atoms with van der Waals surface area (Å²) in [5.74, 6) is -1.41. The van der Waals surface area contributed by atoms with E-state index in [1.54, 1.807) is 0 Å². The fraction of sp³-hybridized carbons (Fsp3) is 0.942. The first-order valence-electron chi connectivity index (χ1n) is 36.1. The highest BCUT2D eigenvalue weighted by atomic mass is 31.2. The summed E-state index contributed by atoms with van der Waals surface area (Å²) in [6.07, 6.45) is 48.7. The van der Waals surface area contributed by atoms with Gasteiger partial charge in [0.1, 0.15) is 19.3 Å². The smallest absolute Gasteiger partial charge is 0.462 e. The first-order chi connectivity index (χ1) is 42.5. The number of carbonyl (C=O) groups excluding carboxylic acids is 4. The van der Waals surface area contributed by atoms with Crippen molar-refractivity contribution in [1.82, 2.24) is 0 Å². The van der Waals surface area contributed by atoms with E-state index in [-0.39, 0.29) is 25.7 Å². The van der Waals surface area contributed by atoms with Crippen molar-refractivity contribution in [2.24, 2.45) is 5.92 Å². The number of ether oxygens (including phenoxy) is 4. The summed E-state index contributed by atoms with van der Waals surface area (Å²) < 4.78 is 68.1. The highest BCUT2D eigenvalue weighted by Gasteiger charge is 2.30. The number of esters is 4. The highest BCUT2D eigenvalue weighted by molar-refractivity contribution is 7.47. The van der Waals surface area contributed by atoms with Gasteiger partial charge in [-0.05, 0) is 31.6 Å². The van der Waals surface area contributed by atoms with Gasteiger partial charge in [0.25, 0.3) is 0 Å². The Bertz CT molecular complexity index is 1700. The molecule has 19 heteroatoms. The van der Waals surface area contributed by atoms with Crippen LogP contribution in [0.2, 0.25) is 0 Å². The van der Waals surface area contributed by atoms with Crippen molar-refractivity contribution >= 4 is 39.5 Å².